The number of thiophene rings is 1. The highest BCUT2D eigenvalue weighted by molar-refractivity contribution is 7.99. The molecule has 2 aromatic heterocycles. The summed E-state index contributed by atoms with van der Waals surface area (Å²) in [4.78, 5) is 4.83. The number of thioether (sulfide) groups is 1. The molecule has 3 rings (SSSR count). The topological polar surface area (TPSA) is 41.8 Å². The Kier molecular flexibility index (Phi) is 4.15. The monoisotopic (exact) mass is 302 g/mol. The van der Waals surface area contributed by atoms with Crippen LogP contribution in [0.5, 0.6) is 0 Å². The number of fused-ring (bicyclic) bond motifs is 1. The van der Waals surface area contributed by atoms with Gasteiger partial charge in [-0.3, -0.25) is 0 Å². The molecular formula is C16H18N2S2. The second-order valence-corrected chi connectivity index (χ2v) is 7.01. The molecule has 0 aliphatic rings. The van der Waals surface area contributed by atoms with E-state index in [9.17, 15) is 0 Å². The van der Waals surface area contributed by atoms with E-state index in [0.29, 0.717) is 5.25 Å². The summed E-state index contributed by atoms with van der Waals surface area (Å²) in [5, 5.41) is 4.88. The minimum absolute atomic E-state index is 0.171. The van der Waals surface area contributed by atoms with Crippen molar-refractivity contribution in [3.05, 3.63) is 52.7 Å². The third kappa shape index (κ3) is 2.77. The van der Waals surface area contributed by atoms with Crippen LogP contribution < -0.4 is 5.73 Å². The largest absolute Gasteiger partial charge is 0.350 e. The van der Waals surface area contributed by atoms with Gasteiger partial charge in [0.25, 0.3) is 0 Å². The zero-order chi connectivity index (χ0) is 13.9. The molecule has 0 saturated carbocycles. The molecule has 3 N–H and O–H groups in total. The first-order chi connectivity index (χ1) is 9.78. The van der Waals surface area contributed by atoms with Gasteiger partial charge in [-0.05, 0) is 30.0 Å². The van der Waals surface area contributed by atoms with Crippen LogP contribution in [0, 0.1) is 0 Å². The van der Waals surface area contributed by atoms with Gasteiger partial charge in [0.05, 0.1) is 10.3 Å². The van der Waals surface area contributed by atoms with Gasteiger partial charge in [-0.2, -0.15) is 0 Å². The molecule has 20 heavy (non-hydrogen) atoms. The van der Waals surface area contributed by atoms with Crippen LogP contribution in [-0.4, -0.2) is 11.0 Å². The van der Waals surface area contributed by atoms with Gasteiger partial charge < -0.3 is 10.7 Å². The molecule has 0 radical (unpaired) electrons. The third-order valence-corrected chi connectivity index (χ3v) is 5.88. The van der Waals surface area contributed by atoms with Crippen molar-refractivity contribution < 1.29 is 0 Å². The van der Waals surface area contributed by atoms with Gasteiger partial charge in [-0.1, -0.05) is 43.0 Å². The maximum Gasteiger partial charge on any atom is 0.0739 e. The molecule has 0 spiro atoms. The average molecular weight is 302 g/mol. The van der Waals surface area contributed by atoms with Crippen LogP contribution in [0.2, 0.25) is 0 Å². The maximum atomic E-state index is 6.32. The molecule has 4 heteroatoms. The number of para-hydroxylation sites is 1. The average Bonchev–Trinajstić information content (AvgIpc) is 3.12. The summed E-state index contributed by atoms with van der Waals surface area (Å²) >= 11 is 3.62. The Hall–Kier alpha value is -1.23. The Morgan fingerprint density at radius 1 is 1.25 bits per heavy atom. The van der Waals surface area contributed by atoms with Crippen LogP contribution in [0.1, 0.15) is 23.5 Å². The van der Waals surface area contributed by atoms with E-state index in [1.54, 1.807) is 11.3 Å². The molecule has 3 aromatic rings. The normalized spacial score (nSPS) is 14.5. The van der Waals surface area contributed by atoms with E-state index >= 15 is 0 Å². The first kappa shape index (κ1) is 13.7. The minimum atomic E-state index is 0.171. The summed E-state index contributed by atoms with van der Waals surface area (Å²) in [5.41, 5.74) is 7.51. The zero-order valence-electron chi connectivity index (χ0n) is 11.4. The fourth-order valence-electron chi connectivity index (χ4n) is 2.27. The molecule has 2 unspecified atom stereocenters. The van der Waals surface area contributed by atoms with Crippen molar-refractivity contribution in [2.75, 3.05) is 0 Å². The van der Waals surface area contributed by atoms with Crippen molar-refractivity contribution in [2.24, 2.45) is 5.73 Å². The summed E-state index contributed by atoms with van der Waals surface area (Å²) < 4.78 is 0. The third-order valence-electron chi connectivity index (χ3n) is 3.44. The number of aromatic amines is 1. The molecule has 104 valence electrons. The molecule has 0 aliphatic heterocycles. The van der Waals surface area contributed by atoms with Crippen molar-refractivity contribution in [2.45, 2.75) is 29.7 Å². The lowest BCUT2D eigenvalue weighted by atomic mass is 10.1. The van der Waals surface area contributed by atoms with Crippen LogP contribution in [-0.2, 0) is 0 Å². The number of H-pyrrole nitrogens is 1. The number of hydrogen-bond acceptors (Lipinski definition) is 3. The Bertz CT molecular complexity index is 640. The van der Waals surface area contributed by atoms with Gasteiger partial charge in [-0.15, -0.1) is 11.3 Å². The second kappa shape index (κ2) is 6.04. The summed E-state index contributed by atoms with van der Waals surface area (Å²) in [5.74, 6) is 0. The van der Waals surface area contributed by atoms with Crippen LogP contribution in [0.4, 0.5) is 0 Å². The molecular weight excluding hydrogens is 284 g/mol. The highest BCUT2D eigenvalue weighted by Gasteiger charge is 2.21. The summed E-state index contributed by atoms with van der Waals surface area (Å²) in [6.45, 7) is 2.15. The van der Waals surface area contributed by atoms with Crippen LogP contribution >= 0.6 is 23.1 Å². The summed E-state index contributed by atoms with van der Waals surface area (Å²) in [6.07, 6.45) is 0.982. The predicted molar refractivity (Wildman–Crippen MR) is 89.5 cm³/mol. The summed E-state index contributed by atoms with van der Waals surface area (Å²) in [7, 11) is 0. The lowest BCUT2D eigenvalue weighted by Gasteiger charge is -2.20. The number of benzene rings is 1. The van der Waals surface area contributed by atoms with Gasteiger partial charge >= 0.3 is 0 Å². The fraction of sp³-hybridized carbons (Fsp3) is 0.250. The number of nitrogens with one attached hydrogen (secondary N) is 1. The van der Waals surface area contributed by atoms with Gasteiger partial charge in [0, 0.05) is 21.8 Å². The Labute approximate surface area is 127 Å². The molecule has 0 fully saturated rings. The highest BCUT2D eigenvalue weighted by Crippen LogP contribution is 2.40. The van der Waals surface area contributed by atoms with Crippen LogP contribution in [0.25, 0.3) is 10.9 Å². The van der Waals surface area contributed by atoms with Crippen LogP contribution in [0.15, 0.2) is 52.9 Å². The van der Waals surface area contributed by atoms with Gasteiger partial charge in [0.2, 0.25) is 0 Å². The SMILES string of the molecule is CCC(N)C(Sc1cc2ccccc2[nH]1)c1cccs1. The number of hydrogen-bond donors (Lipinski definition) is 2. The van der Waals surface area contributed by atoms with E-state index in [1.807, 2.05) is 11.8 Å². The lowest BCUT2D eigenvalue weighted by molar-refractivity contribution is 0.639. The fourth-order valence-corrected chi connectivity index (χ4v) is 4.56. The Morgan fingerprint density at radius 2 is 2.10 bits per heavy atom. The number of aromatic nitrogens is 1. The van der Waals surface area contributed by atoms with E-state index in [-0.39, 0.29) is 6.04 Å². The highest BCUT2D eigenvalue weighted by atomic mass is 32.2. The van der Waals surface area contributed by atoms with E-state index in [4.69, 9.17) is 5.73 Å². The molecule has 1 aromatic carbocycles. The quantitative estimate of drug-likeness (QED) is 0.665. The summed E-state index contributed by atoms with van der Waals surface area (Å²) in [6, 6.07) is 15.0. The van der Waals surface area contributed by atoms with Crippen molar-refractivity contribution in [3.63, 3.8) is 0 Å². The predicted octanol–water partition coefficient (Wildman–Crippen LogP) is 4.80. The van der Waals surface area contributed by atoms with Gasteiger partial charge in [-0.25, -0.2) is 0 Å². The standard InChI is InChI=1S/C16H18N2S2/c1-2-12(17)16(14-8-5-9-19-14)20-15-10-11-6-3-4-7-13(11)18-15/h3-10,12,16,18H,2,17H2,1H3. The van der Waals surface area contributed by atoms with Crippen molar-refractivity contribution in [1.29, 1.82) is 0 Å². The zero-order valence-corrected chi connectivity index (χ0v) is 13.0. The van der Waals surface area contributed by atoms with Crippen molar-refractivity contribution in [1.82, 2.24) is 4.98 Å². The van der Waals surface area contributed by atoms with E-state index in [1.165, 1.54) is 20.8 Å². The molecule has 2 heterocycles. The number of rotatable bonds is 5. The maximum absolute atomic E-state index is 6.32. The molecule has 2 nitrogen and oxygen atoms in total. The van der Waals surface area contributed by atoms with Crippen molar-refractivity contribution in [3.8, 4) is 0 Å². The second-order valence-electron chi connectivity index (χ2n) is 4.85. The smallest absolute Gasteiger partial charge is 0.0739 e. The minimum Gasteiger partial charge on any atom is -0.350 e. The van der Waals surface area contributed by atoms with E-state index < -0.39 is 0 Å². The molecule has 0 amide bonds. The van der Waals surface area contributed by atoms with Crippen LogP contribution in [0.3, 0.4) is 0 Å². The van der Waals surface area contributed by atoms with Crippen molar-refractivity contribution >= 4 is 34.0 Å². The van der Waals surface area contributed by atoms with E-state index in [0.717, 1.165) is 6.42 Å². The Balaban J connectivity index is 1.89. The lowest BCUT2D eigenvalue weighted by Crippen LogP contribution is -2.25. The molecule has 0 aliphatic carbocycles. The molecule has 0 saturated heterocycles. The van der Waals surface area contributed by atoms with Gasteiger partial charge in [0.1, 0.15) is 0 Å². The van der Waals surface area contributed by atoms with Gasteiger partial charge in [0.15, 0.2) is 0 Å². The Morgan fingerprint density at radius 3 is 2.80 bits per heavy atom. The first-order valence-electron chi connectivity index (χ1n) is 6.81. The van der Waals surface area contributed by atoms with E-state index in [2.05, 4.69) is 59.8 Å². The number of nitrogens with two attached hydrogens (primary N) is 1. The molecule has 2 atom stereocenters. The first-order valence-corrected chi connectivity index (χ1v) is 8.57. The molecule has 0 bridgehead atoms.